The third-order valence-electron chi connectivity index (χ3n) is 5.43. The van der Waals surface area contributed by atoms with Gasteiger partial charge in [0.2, 0.25) is 17.7 Å². The fraction of sp³-hybridized carbons (Fsp3) is 0.318. The molecule has 2 heterocycles. The summed E-state index contributed by atoms with van der Waals surface area (Å²) in [5.74, 6) is -1.33. The molecule has 2 fully saturated rings. The van der Waals surface area contributed by atoms with Gasteiger partial charge in [-0.1, -0.05) is 24.3 Å². The Morgan fingerprint density at radius 2 is 1.79 bits per heavy atom. The summed E-state index contributed by atoms with van der Waals surface area (Å²) in [6.45, 7) is 1.24. The molecule has 150 valence electrons. The number of carbonyl (C=O) groups is 3. The summed E-state index contributed by atoms with van der Waals surface area (Å²) in [4.78, 5) is 39.7. The third-order valence-corrected chi connectivity index (χ3v) is 5.43. The molecule has 0 spiro atoms. The number of halogens is 1. The fourth-order valence-corrected chi connectivity index (χ4v) is 3.84. The fourth-order valence-electron chi connectivity index (χ4n) is 3.84. The highest BCUT2D eigenvalue weighted by atomic mass is 19.1. The zero-order valence-corrected chi connectivity index (χ0v) is 15.9. The van der Waals surface area contributed by atoms with Crippen molar-refractivity contribution in [1.29, 1.82) is 0 Å². The maximum absolute atomic E-state index is 14.0. The predicted molar refractivity (Wildman–Crippen MR) is 107 cm³/mol. The zero-order valence-electron chi connectivity index (χ0n) is 15.9. The zero-order chi connectivity index (χ0) is 20.4. The number of para-hydroxylation sites is 1. The van der Waals surface area contributed by atoms with Gasteiger partial charge < -0.3 is 15.1 Å². The quantitative estimate of drug-likeness (QED) is 0.846. The van der Waals surface area contributed by atoms with Gasteiger partial charge in [-0.15, -0.1) is 0 Å². The Labute approximate surface area is 168 Å². The number of rotatable bonds is 5. The van der Waals surface area contributed by atoms with E-state index in [1.165, 1.54) is 11.0 Å². The molecule has 6 nitrogen and oxygen atoms in total. The van der Waals surface area contributed by atoms with Gasteiger partial charge in [0.25, 0.3) is 0 Å². The Morgan fingerprint density at radius 3 is 2.48 bits per heavy atom. The lowest BCUT2D eigenvalue weighted by molar-refractivity contribution is -0.126. The summed E-state index contributed by atoms with van der Waals surface area (Å²) in [5.41, 5.74) is 1.98. The van der Waals surface area contributed by atoms with Crippen molar-refractivity contribution in [3.05, 3.63) is 59.9 Å². The van der Waals surface area contributed by atoms with Crippen LogP contribution in [0.15, 0.2) is 48.5 Å². The highest BCUT2D eigenvalue weighted by Gasteiger charge is 2.36. The lowest BCUT2D eigenvalue weighted by atomic mass is 10.1. The van der Waals surface area contributed by atoms with Crippen LogP contribution in [-0.4, -0.2) is 30.8 Å². The van der Waals surface area contributed by atoms with Gasteiger partial charge in [-0.25, -0.2) is 4.39 Å². The molecule has 2 saturated heterocycles. The highest BCUT2D eigenvalue weighted by Crippen LogP contribution is 2.27. The second kappa shape index (κ2) is 8.03. The molecular weight excluding hydrogens is 373 g/mol. The van der Waals surface area contributed by atoms with E-state index in [-0.39, 0.29) is 36.4 Å². The molecule has 0 bridgehead atoms. The average molecular weight is 395 g/mol. The van der Waals surface area contributed by atoms with Crippen molar-refractivity contribution in [2.45, 2.75) is 25.8 Å². The molecule has 0 saturated carbocycles. The number of carbonyl (C=O) groups excluding carboxylic acids is 3. The van der Waals surface area contributed by atoms with Crippen molar-refractivity contribution >= 4 is 29.1 Å². The smallest absolute Gasteiger partial charge is 0.227 e. The van der Waals surface area contributed by atoms with Gasteiger partial charge >= 0.3 is 0 Å². The molecule has 2 aromatic rings. The van der Waals surface area contributed by atoms with E-state index < -0.39 is 11.7 Å². The SMILES string of the molecule is O=C(NCc1ccc(N2CCCC2=O)cc1)C1CC(=O)N(c2ccccc2F)C1. The number of amides is 3. The monoisotopic (exact) mass is 395 g/mol. The molecule has 1 unspecified atom stereocenters. The van der Waals surface area contributed by atoms with Gasteiger partial charge in [-0.05, 0) is 36.2 Å². The second-order valence-electron chi connectivity index (χ2n) is 7.39. The molecule has 29 heavy (non-hydrogen) atoms. The molecule has 1 N–H and O–H groups in total. The summed E-state index contributed by atoms with van der Waals surface area (Å²) in [7, 11) is 0. The van der Waals surface area contributed by atoms with Crippen LogP contribution in [0.5, 0.6) is 0 Å². The summed E-state index contributed by atoms with van der Waals surface area (Å²) in [6.07, 6.45) is 1.53. The maximum Gasteiger partial charge on any atom is 0.227 e. The standard InChI is InChI=1S/C22H22FN3O3/c23-18-4-1-2-5-19(18)26-14-16(12-21(26)28)22(29)24-13-15-7-9-17(10-8-15)25-11-3-6-20(25)27/h1-2,4-5,7-10,16H,3,6,11-14H2,(H,24,29). The Morgan fingerprint density at radius 1 is 1.03 bits per heavy atom. The first-order chi connectivity index (χ1) is 14.0. The van der Waals surface area contributed by atoms with E-state index in [0.717, 1.165) is 24.2 Å². The number of nitrogens with one attached hydrogen (secondary N) is 1. The Hall–Kier alpha value is -3.22. The summed E-state index contributed by atoms with van der Waals surface area (Å²) in [5, 5.41) is 2.85. The summed E-state index contributed by atoms with van der Waals surface area (Å²) in [6, 6.07) is 13.6. The topological polar surface area (TPSA) is 69.7 Å². The van der Waals surface area contributed by atoms with E-state index >= 15 is 0 Å². The number of benzene rings is 2. The van der Waals surface area contributed by atoms with Crippen LogP contribution in [0.4, 0.5) is 15.8 Å². The van der Waals surface area contributed by atoms with E-state index in [0.29, 0.717) is 13.0 Å². The Balaban J connectivity index is 1.34. The van der Waals surface area contributed by atoms with Crippen LogP contribution < -0.4 is 15.1 Å². The van der Waals surface area contributed by atoms with Gasteiger partial charge in [0.1, 0.15) is 5.82 Å². The van der Waals surface area contributed by atoms with Crippen LogP contribution in [0.1, 0.15) is 24.8 Å². The lowest BCUT2D eigenvalue weighted by Crippen LogP contribution is -2.32. The predicted octanol–water partition coefficient (Wildman–Crippen LogP) is 2.62. The molecule has 4 rings (SSSR count). The highest BCUT2D eigenvalue weighted by molar-refractivity contribution is 6.00. The van der Waals surface area contributed by atoms with Gasteiger partial charge in [0.15, 0.2) is 0 Å². The molecular formula is C22H22FN3O3. The average Bonchev–Trinajstić information content (AvgIpc) is 3.32. The van der Waals surface area contributed by atoms with Crippen molar-refractivity contribution in [3.8, 4) is 0 Å². The van der Waals surface area contributed by atoms with Gasteiger partial charge in [-0.3, -0.25) is 14.4 Å². The van der Waals surface area contributed by atoms with E-state index in [1.54, 1.807) is 23.1 Å². The minimum Gasteiger partial charge on any atom is -0.352 e. The van der Waals surface area contributed by atoms with Crippen molar-refractivity contribution in [2.24, 2.45) is 5.92 Å². The van der Waals surface area contributed by atoms with Gasteiger partial charge in [-0.2, -0.15) is 0 Å². The van der Waals surface area contributed by atoms with Gasteiger partial charge in [0, 0.05) is 38.2 Å². The second-order valence-corrected chi connectivity index (χ2v) is 7.39. The molecule has 2 aliphatic heterocycles. The number of hydrogen-bond donors (Lipinski definition) is 1. The number of hydrogen-bond acceptors (Lipinski definition) is 3. The first-order valence-electron chi connectivity index (χ1n) is 9.75. The van der Waals surface area contributed by atoms with Crippen LogP contribution in [0, 0.1) is 11.7 Å². The molecule has 0 aliphatic carbocycles. The minimum atomic E-state index is -0.511. The number of anilines is 2. The Kier molecular flexibility index (Phi) is 5.29. The van der Waals surface area contributed by atoms with Crippen molar-refractivity contribution < 1.29 is 18.8 Å². The first kappa shape index (κ1) is 19.1. The van der Waals surface area contributed by atoms with Crippen LogP contribution in [0.3, 0.4) is 0 Å². The molecule has 0 aromatic heterocycles. The summed E-state index contributed by atoms with van der Waals surface area (Å²) >= 11 is 0. The largest absolute Gasteiger partial charge is 0.352 e. The minimum absolute atomic E-state index is 0.0657. The molecule has 2 aliphatic rings. The van der Waals surface area contributed by atoms with E-state index in [9.17, 15) is 18.8 Å². The maximum atomic E-state index is 14.0. The molecule has 2 aromatic carbocycles. The molecule has 3 amide bonds. The van der Waals surface area contributed by atoms with Crippen LogP contribution in [0.25, 0.3) is 0 Å². The van der Waals surface area contributed by atoms with E-state index in [1.807, 2.05) is 24.3 Å². The van der Waals surface area contributed by atoms with Crippen LogP contribution in [0.2, 0.25) is 0 Å². The lowest BCUT2D eigenvalue weighted by Gasteiger charge is -2.17. The molecule has 7 heteroatoms. The third kappa shape index (κ3) is 3.99. The van der Waals surface area contributed by atoms with Crippen molar-refractivity contribution in [2.75, 3.05) is 22.9 Å². The Bertz CT molecular complexity index is 945. The van der Waals surface area contributed by atoms with E-state index in [4.69, 9.17) is 0 Å². The normalized spacial score (nSPS) is 19.1. The van der Waals surface area contributed by atoms with E-state index in [2.05, 4.69) is 5.32 Å². The first-order valence-corrected chi connectivity index (χ1v) is 9.75. The number of nitrogens with zero attached hydrogens (tertiary/aromatic N) is 2. The van der Waals surface area contributed by atoms with Crippen molar-refractivity contribution in [1.82, 2.24) is 5.32 Å². The van der Waals surface area contributed by atoms with Crippen LogP contribution in [-0.2, 0) is 20.9 Å². The van der Waals surface area contributed by atoms with Crippen LogP contribution >= 0.6 is 0 Å². The summed E-state index contributed by atoms with van der Waals surface area (Å²) < 4.78 is 14.0. The molecule has 1 atom stereocenters. The van der Waals surface area contributed by atoms with Gasteiger partial charge in [0.05, 0.1) is 11.6 Å². The van der Waals surface area contributed by atoms with Crippen molar-refractivity contribution in [3.63, 3.8) is 0 Å². The molecule has 0 radical (unpaired) electrons.